The van der Waals surface area contributed by atoms with Crippen LogP contribution in [0.2, 0.25) is 0 Å². The highest BCUT2D eigenvalue weighted by Crippen LogP contribution is 2.49. The van der Waals surface area contributed by atoms with Gasteiger partial charge in [0.25, 0.3) is 0 Å². The van der Waals surface area contributed by atoms with Crippen molar-refractivity contribution in [1.82, 2.24) is 0 Å². The Kier molecular flexibility index (Phi) is 4.33. The van der Waals surface area contributed by atoms with E-state index < -0.39 is 0 Å². The molecule has 94 valence electrons. The molecule has 0 aromatic rings. The monoisotopic (exact) mass is 222 g/mol. The maximum Gasteiger partial charge on any atom is -0.0352 e. The molecule has 0 saturated heterocycles. The van der Waals surface area contributed by atoms with Crippen LogP contribution in [0.15, 0.2) is 0 Å². The summed E-state index contributed by atoms with van der Waals surface area (Å²) in [5.74, 6) is 5.27. The summed E-state index contributed by atoms with van der Waals surface area (Å²) in [5, 5.41) is 0. The van der Waals surface area contributed by atoms with Gasteiger partial charge in [0.15, 0.2) is 0 Å². The van der Waals surface area contributed by atoms with E-state index in [0.717, 1.165) is 29.6 Å². The van der Waals surface area contributed by atoms with E-state index in [1.807, 2.05) is 0 Å². The van der Waals surface area contributed by atoms with Crippen LogP contribution >= 0.6 is 0 Å². The quantitative estimate of drug-likeness (QED) is 0.610. The van der Waals surface area contributed by atoms with Gasteiger partial charge >= 0.3 is 0 Å². The van der Waals surface area contributed by atoms with Gasteiger partial charge in [-0.3, -0.25) is 0 Å². The van der Waals surface area contributed by atoms with Crippen molar-refractivity contribution in [2.24, 2.45) is 29.6 Å². The van der Waals surface area contributed by atoms with Crippen molar-refractivity contribution in [3.05, 3.63) is 0 Å². The van der Waals surface area contributed by atoms with Gasteiger partial charge in [-0.1, -0.05) is 52.9 Å². The molecule has 2 rings (SSSR count). The van der Waals surface area contributed by atoms with Crippen LogP contribution in [0.4, 0.5) is 0 Å². The Labute approximate surface area is 102 Å². The maximum absolute atomic E-state index is 2.52. The second-order valence-corrected chi connectivity index (χ2v) is 6.60. The summed E-state index contributed by atoms with van der Waals surface area (Å²) in [7, 11) is 0. The molecule has 2 fully saturated rings. The molecule has 2 saturated carbocycles. The van der Waals surface area contributed by atoms with Crippen LogP contribution in [0.3, 0.4) is 0 Å². The van der Waals surface area contributed by atoms with Crippen LogP contribution in [0.1, 0.15) is 72.1 Å². The lowest BCUT2D eigenvalue weighted by Crippen LogP contribution is -2.38. The SMILES string of the molecule is CCCC(C)C1CCC(C)C2CCCCC21. The van der Waals surface area contributed by atoms with Crippen molar-refractivity contribution in [3.8, 4) is 0 Å². The van der Waals surface area contributed by atoms with E-state index in [2.05, 4.69) is 20.8 Å². The molecule has 5 unspecified atom stereocenters. The molecule has 0 radical (unpaired) electrons. The molecule has 0 amide bonds. The van der Waals surface area contributed by atoms with Crippen LogP contribution in [0.5, 0.6) is 0 Å². The van der Waals surface area contributed by atoms with Gasteiger partial charge in [-0.05, 0) is 48.9 Å². The van der Waals surface area contributed by atoms with Crippen molar-refractivity contribution in [1.29, 1.82) is 0 Å². The first-order valence-electron chi connectivity index (χ1n) is 7.74. The molecule has 0 N–H and O–H groups in total. The Hall–Kier alpha value is 0. The summed E-state index contributed by atoms with van der Waals surface area (Å²) in [5.41, 5.74) is 0. The molecular formula is C16H30. The molecule has 0 spiro atoms. The molecule has 0 heterocycles. The predicted octanol–water partition coefficient (Wildman–Crippen LogP) is 5.28. The molecule has 2 aliphatic carbocycles. The van der Waals surface area contributed by atoms with Crippen molar-refractivity contribution >= 4 is 0 Å². The second-order valence-electron chi connectivity index (χ2n) is 6.60. The normalized spacial score (nSPS) is 41.4. The summed E-state index contributed by atoms with van der Waals surface area (Å²) >= 11 is 0. The van der Waals surface area contributed by atoms with E-state index in [1.54, 1.807) is 12.8 Å². The lowest BCUT2D eigenvalue weighted by molar-refractivity contribution is 0.0292. The van der Waals surface area contributed by atoms with Gasteiger partial charge < -0.3 is 0 Å². The van der Waals surface area contributed by atoms with E-state index in [-0.39, 0.29) is 0 Å². The first kappa shape index (κ1) is 12.5. The van der Waals surface area contributed by atoms with Crippen molar-refractivity contribution in [2.75, 3.05) is 0 Å². The first-order valence-corrected chi connectivity index (χ1v) is 7.74. The van der Waals surface area contributed by atoms with Gasteiger partial charge in [-0.25, -0.2) is 0 Å². The second kappa shape index (κ2) is 5.56. The minimum atomic E-state index is 0.989. The molecule has 0 heteroatoms. The minimum Gasteiger partial charge on any atom is -0.0654 e. The van der Waals surface area contributed by atoms with Gasteiger partial charge in [0, 0.05) is 0 Å². The third kappa shape index (κ3) is 2.46. The van der Waals surface area contributed by atoms with Crippen molar-refractivity contribution in [3.63, 3.8) is 0 Å². The van der Waals surface area contributed by atoms with Crippen molar-refractivity contribution < 1.29 is 0 Å². The topological polar surface area (TPSA) is 0 Å². The third-order valence-corrected chi connectivity index (χ3v) is 5.59. The number of rotatable bonds is 3. The Bertz CT molecular complexity index is 208. The molecular weight excluding hydrogens is 192 g/mol. The zero-order valence-corrected chi connectivity index (χ0v) is 11.5. The average Bonchev–Trinajstić information content (AvgIpc) is 2.30. The van der Waals surface area contributed by atoms with E-state index in [1.165, 1.54) is 38.5 Å². The van der Waals surface area contributed by atoms with Crippen molar-refractivity contribution in [2.45, 2.75) is 72.1 Å². The molecule has 0 bridgehead atoms. The highest BCUT2D eigenvalue weighted by Gasteiger charge is 2.40. The standard InChI is InChI=1S/C16H30/c1-4-7-12(2)15-11-10-13(3)14-8-5-6-9-16(14)15/h12-16H,4-11H2,1-3H3. The summed E-state index contributed by atoms with van der Waals surface area (Å²) in [6.45, 7) is 7.39. The van der Waals surface area contributed by atoms with Gasteiger partial charge in [-0.15, -0.1) is 0 Å². The summed E-state index contributed by atoms with van der Waals surface area (Å²) in [6, 6.07) is 0. The fourth-order valence-corrected chi connectivity index (χ4v) is 4.69. The summed E-state index contributed by atoms with van der Waals surface area (Å²) < 4.78 is 0. The van der Waals surface area contributed by atoms with E-state index >= 15 is 0 Å². The fraction of sp³-hybridized carbons (Fsp3) is 1.00. The molecule has 0 aliphatic heterocycles. The maximum atomic E-state index is 2.52. The van der Waals surface area contributed by atoms with E-state index in [9.17, 15) is 0 Å². The predicted molar refractivity (Wildman–Crippen MR) is 71.4 cm³/mol. The molecule has 5 atom stereocenters. The van der Waals surface area contributed by atoms with Crippen LogP contribution in [-0.2, 0) is 0 Å². The molecule has 16 heavy (non-hydrogen) atoms. The highest BCUT2D eigenvalue weighted by atomic mass is 14.4. The van der Waals surface area contributed by atoms with Gasteiger partial charge in [0.1, 0.15) is 0 Å². The van der Waals surface area contributed by atoms with Crippen LogP contribution < -0.4 is 0 Å². The largest absolute Gasteiger partial charge is 0.0654 e. The summed E-state index contributed by atoms with van der Waals surface area (Å²) in [4.78, 5) is 0. The molecule has 0 aromatic carbocycles. The van der Waals surface area contributed by atoms with Gasteiger partial charge in [0.05, 0.1) is 0 Å². The van der Waals surface area contributed by atoms with Gasteiger partial charge in [0.2, 0.25) is 0 Å². The van der Waals surface area contributed by atoms with Gasteiger partial charge in [-0.2, -0.15) is 0 Å². The zero-order chi connectivity index (χ0) is 11.5. The van der Waals surface area contributed by atoms with E-state index in [0.29, 0.717) is 0 Å². The minimum absolute atomic E-state index is 0.989. The Balaban J connectivity index is 2.02. The number of hydrogen-bond donors (Lipinski definition) is 0. The number of hydrogen-bond acceptors (Lipinski definition) is 0. The average molecular weight is 222 g/mol. The molecule has 2 aliphatic rings. The molecule has 0 aromatic heterocycles. The lowest BCUT2D eigenvalue weighted by atomic mass is 9.58. The summed E-state index contributed by atoms with van der Waals surface area (Å²) in [6.07, 6.45) is 12.0. The first-order chi connectivity index (χ1) is 7.74. The smallest absolute Gasteiger partial charge is 0.0352 e. The van der Waals surface area contributed by atoms with Crippen LogP contribution in [-0.4, -0.2) is 0 Å². The Morgan fingerprint density at radius 2 is 1.69 bits per heavy atom. The lowest BCUT2D eigenvalue weighted by Gasteiger charge is -2.47. The Morgan fingerprint density at radius 3 is 2.38 bits per heavy atom. The fourth-order valence-electron chi connectivity index (χ4n) is 4.69. The Morgan fingerprint density at radius 1 is 1.00 bits per heavy atom. The third-order valence-electron chi connectivity index (χ3n) is 5.59. The molecule has 0 nitrogen and oxygen atoms in total. The van der Waals surface area contributed by atoms with Crippen LogP contribution in [0, 0.1) is 29.6 Å². The zero-order valence-electron chi connectivity index (χ0n) is 11.5. The number of fused-ring (bicyclic) bond motifs is 1. The van der Waals surface area contributed by atoms with Crippen LogP contribution in [0.25, 0.3) is 0 Å². The highest BCUT2D eigenvalue weighted by molar-refractivity contribution is 4.90. The van der Waals surface area contributed by atoms with E-state index in [4.69, 9.17) is 0 Å².